The average Bonchev–Trinajstić information content (AvgIpc) is 3.10. The maximum atomic E-state index is 12.5. The highest BCUT2D eigenvalue weighted by Gasteiger charge is 2.15. The Bertz CT molecular complexity index is 978. The van der Waals surface area contributed by atoms with Crippen molar-refractivity contribution in [3.63, 3.8) is 0 Å². The van der Waals surface area contributed by atoms with Gasteiger partial charge in [0, 0.05) is 28.7 Å². The van der Waals surface area contributed by atoms with Gasteiger partial charge < -0.3 is 20.1 Å². The number of aromatic nitrogens is 1. The van der Waals surface area contributed by atoms with E-state index in [9.17, 15) is 4.79 Å². The van der Waals surface area contributed by atoms with Gasteiger partial charge in [0.15, 0.2) is 11.5 Å². The zero-order valence-corrected chi connectivity index (χ0v) is 14.3. The van der Waals surface area contributed by atoms with Crippen LogP contribution in [-0.2, 0) is 0 Å². The summed E-state index contributed by atoms with van der Waals surface area (Å²) in [4.78, 5) is 16.6. The minimum Gasteiger partial charge on any atom is -0.454 e. The number of hydrogen-bond acceptors (Lipinski definition) is 5. The first kappa shape index (κ1) is 16.2. The lowest BCUT2D eigenvalue weighted by Gasteiger charge is -2.09. The summed E-state index contributed by atoms with van der Waals surface area (Å²) >= 11 is 5.98. The molecule has 0 aliphatic carbocycles. The van der Waals surface area contributed by atoms with E-state index in [1.807, 2.05) is 12.1 Å². The highest BCUT2D eigenvalue weighted by Crippen LogP contribution is 2.34. The predicted molar refractivity (Wildman–Crippen MR) is 99.5 cm³/mol. The van der Waals surface area contributed by atoms with Crippen molar-refractivity contribution < 1.29 is 14.3 Å². The van der Waals surface area contributed by atoms with E-state index in [0.717, 1.165) is 5.69 Å². The smallest absolute Gasteiger partial charge is 0.257 e. The first-order valence-electron chi connectivity index (χ1n) is 7.86. The van der Waals surface area contributed by atoms with E-state index in [1.165, 1.54) is 6.20 Å². The molecule has 4 rings (SSSR count). The molecule has 1 aromatic heterocycles. The number of hydrogen-bond donors (Lipinski definition) is 2. The third-order valence-electron chi connectivity index (χ3n) is 3.74. The van der Waals surface area contributed by atoms with Gasteiger partial charge in [0.1, 0.15) is 0 Å². The fourth-order valence-electron chi connectivity index (χ4n) is 2.54. The summed E-state index contributed by atoms with van der Waals surface area (Å²) < 4.78 is 10.6. The van der Waals surface area contributed by atoms with E-state index in [-0.39, 0.29) is 12.7 Å². The van der Waals surface area contributed by atoms with Crippen LogP contribution in [0, 0.1) is 0 Å². The van der Waals surface area contributed by atoms with E-state index in [1.54, 1.807) is 42.6 Å². The van der Waals surface area contributed by atoms with E-state index in [4.69, 9.17) is 21.1 Å². The van der Waals surface area contributed by atoms with Gasteiger partial charge in [0.2, 0.25) is 6.79 Å². The first-order valence-corrected chi connectivity index (χ1v) is 8.24. The second-order valence-corrected chi connectivity index (χ2v) is 6.06. The largest absolute Gasteiger partial charge is 0.454 e. The zero-order chi connectivity index (χ0) is 17.9. The molecular formula is C19H14ClN3O3. The fraction of sp³-hybridized carbons (Fsp3) is 0.0526. The number of amides is 1. The molecule has 1 aliphatic rings. The van der Waals surface area contributed by atoms with Crippen LogP contribution in [0.4, 0.5) is 17.1 Å². The molecule has 0 saturated carbocycles. The summed E-state index contributed by atoms with van der Waals surface area (Å²) in [7, 11) is 0. The van der Waals surface area contributed by atoms with Gasteiger partial charge in [0.05, 0.1) is 17.4 Å². The summed E-state index contributed by atoms with van der Waals surface area (Å²) in [5.41, 5.74) is 2.54. The molecule has 3 aromatic rings. The van der Waals surface area contributed by atoms with Crippen LogP contribution in [-0.4, -0.2) is 17.7 Å². The van der Waals surface area contributed by atoms with Gasteiger partial charge in [-0.15, -0.1) is 0 Å². The molecule has 26 heavy (non-hydrogen) atoms. The molecular weight excluding hydrogens is 354 g/mol. The molecule has 0 unspecified atom stereocenters. The average molecular weight is 368 g/mol. The molecule has 2 aromatic carbocycles. The van der Waals surface area contributed by atoms with Gasteiger partial charge in [-0.3, -0.25) is 9.78 Å². The maximum Gasteiger partial charge on any atom is 0.257 e. The third kappa shape index (κ3) is 3.55. The van der Waals surface area contributed by atoms with Crippen LogP contribution in [0.2, 0.25) is 5.02 Å². The van der Waals surface area contributed by atoms with Crippen LogP contribution in [0.1, 0.15) is 10.4 Å². The third-order valence-corrected chi connectivity index (χ3v) is 3.98. The van der Waals surface area contributed by atoms with Crippen LogP contribution >= 0.6 is 11.6 Å². The number of carbonyl (C=O) groups excluding carboxylic acids is 1. The van der Waals surface area contributed by atoms with Crippen LogP contribution in [0.25, 0.3) is 0 Å². The first-order chi connectivity index (χ1) is 12.7. The lowest BCUT2D eigenvalue weighted by Crippen LogP contribution is -2.12. The minimum absolute atomic E-state index is 0.188. The van der Waals surface area contributed by atoms with Gasteiger partial charge >= 0.3 is 0 Å². The Morgan fingerprint density at radius 2 is 1.85 bits per heavy atom. The number of benzene rings is 2. The number of carbonyl (C=O) groups is 1. The Morgan fingerprint density at radius 1 is 0.962 bits per heavy atom. The van der Waals surface area contributed by atoms with Gasteiger partial charge in [-0.25, -0.2) is 0 Å². The summed E-state index contributed by atoms with van der Waals surface area (Å²) in [5, 5.41) is 6.62. The molecule has 0 radical (unpaired) electrons. The van der Waals surface area contributed by atoms with Gasteiger partial charge in [-0.05, 0) is 36.4 Å². The minimum atomic E-state index is -0.272. The van der Waals surface area contributed by atoms with Crippen molar-refractivity contribution in [3.8, 4) is 11.5 Å². The Balaban J connectivity index is 1.49. The number of rotatable bonds is 4. The van der Waals surface area contributed by atoms with Crippen molar-refractivity contribution >= 4 is 34.6 Å². The lowest BCUT2D eigenvalue weighted by atomic mass is 10.2. The number of nitrogens with zero attached hydrogens (tertiary/aromatic N) is 1. The Labute approximate surface area is 154 Å². The number of fused-ring (bicyclic) bond motifs is 1. The molecule has 1 amide bonds. The molecule has 6 nitrogen and oxygen atoms in total. The normalized spacial score (nSPS) is 11.9. The molecule has 0 saturated heterocycles. The fourth-order valence-corrected chi connectivity index (χ4v) is 2.73. The number of halogens is 1. The van der Waals surface area contributed by atoms with Gasteiger partial charge in [0.25, 0.3) is 5.91 Å². The molecule has 2 N–H and O–H groups in total. The second kappa shape index (κ2) is 6.93. The van der Waals surface area contributed by atoms with Crippen LogP contribution in [0.15, 0.2) is 60.9 Å². The van der Waals surface area contributed by atoms with Crippen molar-refractivity contribution in [2.45, 2.75) is 0 Å². The highest BCUT2D eigenvalue weighted by molar-refractivity contribution is 6.30. The van der Waals surface area contributed by atoms with Crippen molar-refractivity contribution in [2.24, 2.45) is 0 Å². The molecule has 7 heteroatoms. The quantitative estimate of drug-likeness (QED) is 0.712. The molecule has 2 heterocycles. The zero-order valence-electron chi connectivity index (χ0n) is 13.5. The monoisotopic (exact) mass is 367 g/mol. The van der Waals surface area contributed by atoms with Crippen molar-refractivity contribution in [1.82, 2.24) is 4.98 Å². The van der Waals surface area contributed by atoms with E-state index >= 15 is 0 Å². The van der Waals surface area contributed by atoms with E-state index in [0.29, 0.717) is 33.5 Å². The number of anilines is 3. The number of nitrogens with one attached hydrogen (secondary N) is 2. The standard InChI is InChI=1S/C19H14ClN3O3/c20-13-2-1-3-14(7-13)22-16-6-12(9-21-10-16)19(24)23-15-4-5-17-18(8-15)26-11-25-17/h1-10,22H,11H2,(H,23,24). The Kier molecular flexibility index (Phi) is 4.33. The van der Waals surface area contributed by atoms with E-state index in [2.05, 4.69) is 15.6 Å². The second-order valence-electron chi connectivity index (χ2n) is 5.62. The Hall–Kier alpha value is -3.25. The Morgan fingerprint density at radius 3 is 2.73 bits per heavy atom. The van der Waals surface area contributed by atoms with E-state index < -0.39 is 0 Å². The maximum absolute atomic E-state index is 12.5. The van der Waals surface area contributed by atoms with Crippen LogP contribution in [0.5, 0.6) is 11.5 Å². The van der Waals surface area contributed by atoms with Gasteiger partial charge in [-0.2, -0.15) is 0 Å². The van der Waals surface area contributed by atoms with Crippen molar-refractivity contribution in [3.05, 3.63) is 71.5 Å². The molecule has 0 spiro atoms. The van der Waals surface area contributed by atoms with Crippen LogP contribution in [0.3, 0.4) is 0 Å². The lowest BCUT2D eigenvalue weighted by molar-refractivity contribution is 0.102. The summed E-state index contributed by atoms with van der Waals surface area (Å²) in [6.45, 7) is 0.188. The number of pyridine rings is 1. The van der Waals surface area contributed by atoms with Crippen molar-refractivity contribution in [2.75, 3.05) is 17.4 Å². The summed E-state index contributed by atoms with van der Waals surface area (Å²) in [6, 6.07) is 14.3. The topological polar surface area (TPSA) is 72.5 Å². The van der Waals surface area contributed by atoms with Gasteiger partial charge in [-0.1, -0.05) is 17.7 Å². The molecule has 0 atom stereocenters. The SMILES string of the molecule is O=C(Nc1ccc2c(c1)OCO2)c1cncc(Nc2cccc(Cl)c2)c1. The molecule has 0 fully saturated rings. The summed E-state index contributed by atoms with van der Waals surface area (Å²) in [6.07, 6.45) is 3.14. The molecule has 0 bridgehead atoms. The highest BCUT2D eigenvalue weighted by atomic mass is 35.5. The predicted octanol–water partition coefficient (Wildman–Crippen LogP) is 4.46. The number of ether oxygens (including phenoxy) is 2. The molecule has 1 aliphatic heterocycles. The van der Waals surface area contributed by atoms with Crippen LogP contribution < -0.4 is 20.1 Å². The van der Waals surface area contributed by atoms with Crippen molar-refractivity contribution in [1.29, 1.82) is 0 Å². The molecule has 130 valence electrons. The summed E-state index contributed by atoms with van der Waals surface area (Å²) in [5.74, 6) is 1.00.